The number of nitrogens with one attached hydrogen (secondary N) is 2. The number of aromatic nitrogens is 1. The zero-order valence-electron chi connectivity index (χ0n) is 21.0. The van der Waals surface area contributed by atoms with Gasteiger partial charge in [-0.15, -0.1) is 0 Å². The number of methoxy groups -OCH3 is 1. The molecule has 0 spiro atoms. The van der Waals surface area contributed by atoms with E-state index in [1.54, 1.807) is 51.1 Å². The molecule has 4 rings (SSSR count). The molecule has 0 fully saturated rings. The Bertz CT molecular complexity index is 1500. The van der Waals surface area contributed by atoms with Crippen LogP contribution in [0.5, 0.6) is 0 Å². The van der Waals surface area contributed by atoms with Crippen LogP contribution >= 0.6 is 0 Å². The van der Waals surface area contributed by atoms with Crippen LogP contribution in [0.25, 0.3) is 22.0 Å². The number of rotatable bonds is 5. The molecule has 0 saturated carbocycles. The second-order valence-electron chi connectivity index (χ2n) is 9.54. The van der Waals surface area contributed by atoms with Gasteiger partial charge in [0.1, 0.15) is 5.60 Å². The second-order valence-corrected chi connectivity index (χ2v) is 9.54. The second kappa shape index (κ2) is 9.88. The summed E-state index contributed by atoms with van der Waals surface area (Å²) < 4.78 is 11.2. The number of anilines is 1. The molecule has 0 atom stereocenters. The molecule has 0 radical (unpaired) electrons. The molecule has 0 aliphatic heterocycles. The van der Waals surface area contributed by atoms with Crippen LogP contribution in [-0.4, -0.2) is 47.6 Å². The van der Waals surface area contributed by atoms with Crippen molar-refractivity contribution in [2.75, 3.05) is 19.0 Å². The van der Waals surface area contributed by atoms with Crippen molar-refractivity contribution < 1.29 is 28.7 Å². The van der Waals surface area contributed by atoms with Gasteiger partial charge >= 0.3 is 18.0 Å². The third-order valence-electron chi connectivity index (χ3n) is 5.78. The molecule has 2 amide bonds. The first kappa shape index (κ1) is 25.6. The summed E-state index contributed by atoms with van der Waals surface area (Å²) >= 11 is 0. The highest BCUT2D eigenvalue weighted by Crippen LogP contribution is 2.39. The first-order valence-corrected chi connectivity index (χ1v) is 11.7. The lowest BCUT2D eigenvalue weighted by molar-refractivity contribution is -0.150. The Morgan fingerprint density at radius 3 is 2.35 bits per heavy atom. The average molecular weight is 506 g/mol. The van der Waals surface area contributed by atoms with Gasteiger partial charge in [0.15, 0.2) is 5.78 Å². The maximum absolute atomic E-state index is 13.7. The molecule has 0 bridgehead atoms. The van der Waals surface area contributed by atoms with Crippen molar-refractivity contribution in [2.45, 2.75) is 39.3 Å². The molecule has 192 valence electrons. The fourth-order valence-corrected chi connectivity index (χ4v) is 4.29. The Labute approximate surface area is 212 Å². The number of carbonyl (C=O) groups is 4. The first-order valence-electron chi connectivity index (χ1n) is 11.7. The number of ketones is 1. The molecule has 1 heterocycles. The zero-order chi connectivity index (χ0) is 26.9. The van der Waals surface area contributed by atoms with Gasteiger partial charge in [0.25, 0.3) is 5.56 Å². The predicted molar refractivity (Wildman–Crippen MR) is 137 cm³/mol. The van der Waals surface area contributed by atoms with Gasteiger partial charge < -0.3 is 24.7 Å². The van der Waals surface area contributed by atoms with E-state index in [2.05, 4.69) is 15.4 Å². The average Bonchev–Trinajstić information content (AvgIpc) is 3.14. The van der Waals surface area contributed by atoms with Gasteiger partial charge in [-0.05, 0) is 39.3 Å². The zero-order valence-corrected chi connectivity index (χ0v) is 21.0. The van der Waals surface area contributed by atoms with Gasteiger partial charge in [0.05, 0.1) is 23.8 Å². The number of fused-ring (bicyclic) bond motifs is 5. The minimum atomic E-state index is -1.07. The van der Waals surface area contributed by atoms with Crippen molar-refractivity contribution in [1.82, 2.24) is 9.88 Å². The fraction of sp³-hybridized carbons (Fsp3) is 0.296. The van der Waals surface area contributed by atoms with Crippen LogP contribution in [0.15, 0.2) is 47.3 Å². The van der Waals surface area contributed by atoms with Crippen molar-refractivity contribution in [3.8, 4) is 11.3 Å². The van der Waals surface area contributed by atoms with E-state index in [1.165, 1.54) is 16.7 Å². The molecule has 37 heavy (non-hydrogen) atoms. The number of carbonyl (C=O) groups excluding carboxylic acids is 4. The van der Waals surface area contributed by atoms with Crippen molar-refractivity contribution in [1.29, 1.82) is 0 Å². The lowest BCUT2D eigenvalue weighted by Gasteiger charge is -2.20. The molecule has 3 aromatic rings. The number of amides is 2. The summed E-state index contributed by atoms with van der Waals surface area (Å²) in [4.78, 5) is 62.5. The van der Waals surface area contributed by atoms with E-state index in [9.17, 15) is 24.0 Å². The summed E-state index contributed by atoms with van der Waals surface area (Å²) in [7, 11) is 1.09. The van der Waals surface area contributed by atoms with Crippen molar-refractivity contribution in [3.63, 3.8) is 0 Å². The number of nitrogens with zero attached hydrogens (tertiary/aromatic N) is 1. The van der Waals surface area contributed by atoms with Crippen LogP contribution in [0, 0.1) is 0 Å². The van der Waals surface area contributed by atoms with Crippen molar-refractivity contribution in [3.05, 3.63) is 63.9 Å². The third kappa shape index (κ3) is 5.09. The highest BCUT2D eigenvalue weighted by atomic mass is 16.6. The Morgan fingerprint density at radius 1 is 0.973 bits per heavy atom. The standard InChI is InChI=1S/C27H27N3O7/c1-27(2,3)37-26(35)28-12-7-13-30-21-17-8-5-6-9-18(17)22(31)20(21)16-11-10-15(14-19(16)24(30)33)29-23(32)25(34)36-4/h5-6,8-11,14H,7,12-13H2,1-4H3,(H,28,35)(H,29,32). The Kier molecular flexibility index (Phi) is 6.84. The largest absolute Gasteiger partial charge is 0.462 e. The Balaban J connectivity index is 1.73. The monoisotopic (exact) mass is 505 g/mol. The lowest BCUT2D eigenvalue weighted by atomic mass is 10.0. The summed E-state index contributed by atoms with van der Waals surface area (Å²) in [6.07, 6.45) is -0.165. The molecular formula is C27H27N3O7. The van der Waals surface area contributed by atoms with Crippen LogP contribution in [-0.2, 0) is 25.6 Å². The summed E-state index contributed by atoms with van der Waals surface area (Å²) in [5.74, 6) is -2.27. The summed E-state index contributed by atoms with van der Waals surface area (Å²) in [6, 6.07) is 11.6. The number of pyridine rings is 1. The number of ether oxygens (including phenoxy) is 2. The highest BCUT2D eigenvalue weighted by Gasteiger charge is 2.32. The molecule has 1 aromatic heterocycles. The minimum absolute atomic E-state index is 0.206. The Hall–Kier alpha value is -4.47. The van der Waals surface area contributed by atoms with Crippen molar-refractivity contribution in [2.24, 2.45) is 0 Å². The molecule has 0 unspecified atom stereocenters. The predicted octanol–water partition coefficient (Wildman–Crippen LogP) is 3.24. The van der Waals surface area contributed by atoms with Crippen LogP contribution in [0.3, 0.4) is 0 Å². The summed E-state index contributed by atoms with van der Waals surface area (Å²) in [5.41, 5.74) is 1.26. The normalized spacial score (nSPS) is 12.1. The highest BCUT2D eigenvalue weighted by molar-refractivity contribution is 6.37. The van der Waals surface area contributed by atoms with E-state index in [0.29, 0.717) is 34.2 Å². The molecule has 10 heteroatoms. The molecule has 10 nitrogen and oxygen atoms in total. The van der Waals surface area contributed by atoms with Gasteiger partial charge in [-0.3, -0.25) is 14.4 Å². The smallest absolute Gasteiger partial charge is 0.407 e. The first-order chi connectivity index (χ1) is 17.5. The van der Waals surface area contributed by atoms with Crippen LogP contribution in [0.2, 0.25) is 0 Å². The Morgan fingerprint density at radius 2 is 1.68 bits per heavy atom. The van der Waals surface area contributed by atoms with E-state index in [1.807, 2.05) is 0 Å². The van der Waals surface area contributed by atoms with Crippen LogP contribution in [0.1, 0.15) is 43.1 Å². The number of hydrogen-bond donors (Lipinski definition) is 2. The number of alkyl carbamates (subject to hydrolysis) is 1. The summed E-state index contributed by atoms with van der Waals surface area (Å²) in [5, 5.41) is 5.73. The lowest BCUT2D eigenvalue weighted by Crippen LogP contribution is -2.33. The van der Waals surface area contributed by atoms with E-state index in [-0.39, 0.29) is 35.5 Å². The van der Waals surface area contributed by atoms with Gasteiger partial charge in [0, 0.05) is 35.3 Å². The van der Waals surface area contributed by atoms with Gasteiger partial charge in [-0.25, -0.2) is 9.59 Å². The number of hydrogen-bond acceptors (Lipinski definition) is 7. The molecular weight excluding hydrogens is 478 g/mol. The maximum Gasteiger partial charge on any atom is 0.407 e. The topological polar surface area (TPSA) is 133 Å². The molecule has 2 aromatic carbocycles. The van der Waals surface area contributed by atoms with E-state index in [4.69, 9.17) is 4.74 Å². The fourth-order valence-electron chi connectivity index (χ4n) is 4.29. The molecule has 1 aliphatic carbocycles. The molecule has 2 N–H and O–H groups in total. The quantitative estimate of drug-likeness (QED) is 0.242. The van der Waals surface area contributed by atoms with Crippen LogP contribution < -0.4 is 16.2 Å². The van der Waals surface area contributed by atoms with Gasteiger partial charge in [-0.2, -0.15) is 0 Å². The SMILES string of the molecule is COC(=O)C(=O)Nc1ccc2c3c(n(CCCNC(=O)OC(C)(C)C)c(=O)c2c1)-c1ccccc1C3=O. The number of benzene rings is 2. The molecule has 1 aliphatic rings. The van der Waals surface area contributed by atoms with Crippen LogP contribution in [0.4, 0.5) is 10.5 Å². The van der Waals surface area contributed by atoms with E-state index in [0.717, 1.165) is 7.11 Å². The maximum atomic E-state index is 13.7. The van der Waals surface area contributed by atoms with E-state index >= 15 is 0 Å². The van der Waals surface area contributed by atoms with Gasteiger partial charge in [0.2, 0.25) is 0 Å². The minimum Gasteiger partial charge on any atom is -0.462 e. The van der Waals surface area contributed by atoms with Crippen molar-refractivity contribution >= 4 is 40.2 Å². The summed E-state index contributed by atoms with van der Waals surface area (Å²) in [6.45, 7) is 5.76. The van der Waals surface area contributed by atoms with Gasteiger partial charge in [-0.1, -0.05) is 30.3 Å². The number of esters is 1. The third-order valence-corrected chi connectivity index (χ3v) is 5.78. The van der Waals surface area contributed by atoms with E-state index < -0.39 is 23.6 Å². The molecule has 0 saturated heterocycles.